The number of nitrogens with zero attached hydrogens (tertiary/aromatic N) is 1. The van der Waals surface area contributed by atoms with Crippen LogP contribution in [0.15, 0.2) is 47.6 Å². The number of hydrazone groups is 1. The molecular formula is C17H16FN3O2. The topological polar surface area (TPSA) is 70.6 Å². The number of carbonyl (C=O) groups is 2. The molecule has 0 atom stereocenters. The van der Waals surface area contributed by atoms with Gasteiger partial charge in [-0.3, -0.25) is 9.59 Å². The van der Waals surface area contributed by atoms with Crippen LogP contribution in [0, 0.1) is 19.7 Å². The monoisotopic (exact) mass is 313 g/mol. The summed E-state index contributed by atoms with van der Waals surface area (Å²) in [5.74, 6) is -2.06. The average Bonchev–Trinajstić information content (AvgIpc) is 2.53. The molecule has 0 aromatic heterocycles. The lowest BCUT2D eigenvalue weighted by atomic mass is 10.1. The third-order valence-corrected chi connectivity index (χ3v) is 3.31. The molecule has 0 heterocycles. The molecular weight excluding hydrogens is 297 g/mol. The van der Waals surface area contributed by atoms with Crippen molar-refractivity contribution in [2.45, 2.75) is 13.8 Å². The summed E-state index contributed by atoms with van der Waals surface area (Å²) in [6.45, 7) is 3.77. The normalized spacial score (nSPS) is 10.6. The average molecular weight is 313 g/mol. The van der Waals surface area contributed by atoms with E-state index in [1.807, 2.05) is 19.9 Å². The van der Waals surface area contributed by atoms with Gasteiger partial charge in [0.1, 0.15) is 5.82 Å². The molecule has 0 spiro atoms. The second-order valence-electron chi connectivity index (χ2n) is 4.95. The molecule has 0 fully saturated rings. The number of rotatable bonds is 3. The van der Waals surface area contributed by atoms with Crippen molar-refractivity contribution in [3.8, 4) is 0 Å². The first-order valence-corrected chi connectivity index (χ1v) is 6.93. The molecule has 23 heavy (non-hydrogen) atoms. The third kappa shape index (κ3) is 4.47. The summed E-state index contributed by atoms with van der Waals surface area (Å²) < 4.78 is 12.7. The standard InChI is InChI=1S/C17H16FN3O2/c1-11-4-3-5-15(12(11)2)20-16(22)17(23)21-19-10-13-6-8-14(18)9-7-13/h3-10H,1-2H3,(H,20,22)(H,21,23)/b19-10+. The summed E-state index contributed by atoms with van der Waals surface area (Å²) in [7, 11) is 0. The molecule has 0 saturated heterocycles. The number of hydrogen-bond donors (Lipinski definition) is 2. The van der Waals surface area contributed by atoms with Gasteiger partial charge >= 0.3 is 11.8 Å². The van der Waals surface area contributed by atoms with Crippen molar-refractivity contribution >= 4 is 23.7 Å². The van der Waals surface area contributed by atoms with Crippen molar-refractivity contribution in [1.29, 1.82) is 0 Å². The van der Waals surface area contributed by atoms with E-state index in [2.05, 4.69) is 15.8 Å². The molecule has 2 amide bonds. The number of hydrogen-bond acceptors (Lipinski definition) is 3. The number of anilines is 1. The van der Waals surface area contributed by atoms with Crippen LogP contribution in [0.2, 0.25) is 0 Å². The number of benzene rings is 2. The number of amides is 2. The highest BCUT2D eigenvalue weighted by Gasteiger charge is 2.14. The predicted octanol–water partition coefficient (Wildman–Crippen LogP) is 2.53. The Kier molecular flexibility index (Phi) is 5.19. The molecule has 2 N–H and O–H groups in total. The van der Waals surface area contributed by atoms with Crippen molar-refractivity contribution in [1.82, 2.24) is 5.43 Å². The zero-order valence-corrected chi connectivity index (χ0v) is 12.8. The van der Waals surface area contributed by atoms with E-state index < -0.39 is 11.8 Å². The van der Waals surface area contributed by atoms with E-state index in [-0.39, 0.29) is 5.82 Å². The van der Waals surface area contributed by atoms with Crippen LogP contribution in [-0.4, -0.2) is 18.0 Å². The molecule has 6 heteroatoms. The Hall–Kier alpha value is -3.02. The van der Waals surface area contributed by atoms with Crippen molar-refractivity contribution in [3.05, 3.63) is 65.0 Å². The van der Waals surface area contributed by atoms with E-state index in [9.17, 15) is 14.0 Å². The summed E-state index contributed by atoms with van der Waals surface area (Å²) in [5.41, 5.74) is 5.20. The Morgan fingerprint density at radius 2 is 1.74 bits per heavy atom. The van der Waals surface area contributed by atoms with Crippen LogP contribution in [-0.2, 0) is 9.59 Å². The molecule has 0 bridgehead atoms. The van der Waals surface area contributed by atoms with Crippen molar-refractivity contribution < 1.29 is 14.0 Å². The van der Waals surface area contributed by atoms with Crippen LogP contribution in [0.5, 0.6) is 0 Å². The minimum atomic E-state index is -0.885. The molecule has 2 aromatic rings. The molecule has 0 saturated carbocycles. The van der Waals surface area contributed by atoms with Gasteiger partial charge in [-0.2, -0.15) is 5.10 Å². The zero-order chi connectivity index (χ0) is 16.8. The lowest BCUT2D eigenvalue weighted by Crippen LogP contribution is -2.32. The summed E-state index contributed by atoms with van der Waals surface area (Å²) in [6.07, 6.45) is 1.32. The van der Waals surface area contributed by atoms with Crippen LogP contribution in [0.3, 0.4) is 0 Å². The van der Waals surface area contributed by atoms with Gasteiger partial charge in [-0.25, -0.2) is 9.82 Å². The van der Waals surface area contributed by atoms with Crippen molar-refractivity contribution in [2.24, 2.45) is 5.10 Å². The number of halogens is 1. The Morgan fingerprint density at radius 1 is 1.04 bits per heavy atom. The largest absolute Gasteiger partial charge is 0.329 e. The maximum atomic E-state index is 12.7. The minimum Gasteiger partial charge on any atom is -0.317 e. The second-order valence-corrected chi connectivity index (χ2v) is 4.95. The SMILES string of the molecule is Cc1cccc(NC(=O)C(=O)N/N=C/c2ccc(F)cc2)c1C. The second kappa shape index (κ2) is 7.31. The number of aryl methyl sites for hydroxylation is 1. The highest BCUT2D eigenvalue weighted by atomic mass is 19.1. The summed E-state index contributed by atoms with van der Waals surface area (Å²) in [6, 6.07) is 11.0. The molecule has 2 rings (SSSR count). The first kappa shape index (κ1) is 16.4. The van der Waals surface area contributed by atoms with Gasteiger partial charge in [-0.05, 0) is 48.7 Å². The Morgan fingerprint density at radius 3 is 2.43 bits per heavy atom. The fraction of sp³-hybridized carbons (Fsp3) is 0.118. The van der Waals surface area contributed by atoms with Gasteiger partial charge in [0, 0.05) is 5.69 Å². The summed E-state index contributed by atoms with van der Waals surface area (Å²) in [4.78, 5) is 23.5. The fourth-order valence-electron chi connectivity index (χ4n) is 1.83. The third-order valence-electron chi connectivity index (χ3n) is 3.31. The highest BCUT2D eigenvalue weighted by Crippen LogP contribution is 2.17. The molecule has 0 unspecified atom stereocenters. The van der Waals surface area contributed by atoms with E-state index >= 15 is 0 Å². The van der Waals surface area contributed by atoms with E-state index in [1.54, 1.807) is 12.1 Å². The summed E-state index contributed by atoms with van der Waals surface area (Å²) in [5, 5.41) is 6.20. The Balaban J connectivity index is 1.94. The van der Waals surface area contributed by atoms with Gasteiger partial charge in [0.15, 0.2) is 0 Å². The first-order chi connectivity index (χ1) is 11.0. The lowest BCUT2D eigenvalue weighted by Gasteiger charge is -2.09. The van der Waals surface area contributed by atoms with E-state index in [0.29, 0.717) is 11.3 Å². The molecule has 0 aliphatic heterocycles. The van der Waals surface area contributed by atoms with E-state index in [0.717, 1.165) is 11.1 Å². The van der Waals surface area contributed by atoms with Crippen LogP contribution >= 0.6 is 0 Å². The van der Waals surface area contributed by atoms with Crippen LogP contribution in [0.4, 0.5) is 10.1 Å². The van der Waals surface area contributed by atoms with Gasteiger partial charge in [-0.15, -0.1) is 0 Å². The van der Waals surface area contributed by atoms with Crippen molar-refractivity contribution in [3.63, 3.8) is 0 Å². The van der Waals surface area contributed by atoms with Gasteiger partial charge in [0.2, 0.25) is 0 Å². The maximum Gasteiger partial charge on any atom is 0.329 e. The van der Waals surface area contributed by atoms with Crippen molar-refractivity contribution in [2.75, 3.05) is 5.32 Å². The van der Waals surface area contributed by atoms with Crippen LogP contribution in [0.25, 0.3) is 0 Å². The number of carbonyl (C=O) groups excluding carboxylic acids is 2. The zero-order valence-electron chi connectivity index (χ0n) is 12.8. The fourth-order valence-corrected chi connectivity index (χ4v) is 1.83. The van der Waals surface area contributed by atoms with Crippen LogP contribution < -0.4 is 10.7 Å². The van der Waals surface area contributed by atoms with Gasteiger partial charge in [-0.1, -0.05) is 24.3 Å². The summed E-state index contributed by atoms with van der Waals surface area (Å²) >= 11 is 0. The first-order valence-electron chi connectivity index (χ1n) is 6.93. The predicted molar refractivity (Wildman–Crippen MR) is 86.7 cm³/mol. The Bertz CT molecular complexity index is 755. The smallest absolute Gasteiger partial charge is 0.317 e. The maximum absolute atomic E-state index is 12.7. The molecule has 0 aliphatic carbocycles. The molecule has 0 radical (unpaired) electrons. The molecule has 0 aliphatic rings. The quantitative estimate of drug-likeness (QED) is 0.519. The van der Waals surface area contributed by atoms with Gasteiger partial charge < -0.3 is 5.32 Å². The highest BCUT2D eigenvalue weighted by molar-refractivity contribution is 6.39. The van der Waals surface area contributed by atoms with E-state index in [1.165, 1.54) is 30.5 Å². The minimum absolute atomic E-state index is 0.362. The van der Waals surface area contributed by atoms with Crippen LogP contribution in [0.1, 0.15) is 16.7 Å². The molecule has 5 nitrogen and oxygen atoms in total. The van der Waals surface area contributed by atoms with Gasteiger partial charge in [0.25, 0.3) is 0 Å². The lowest BCUT2D eigenvalue weighted by molar-refractivity contribution is -0.136. The number of nitrogens with one attached hydrogen (secondary N) is 2. The van der Waals surface area contributed by atoms with E-state index in [4.69, 9.17) is 0 Å². The molecule has 118 valence electrons. The van der Waals surface area contributed by atoms with Gasteiger partial charge in [0.05, 0.1) is 6.21 Å². The molecule has 2 aromatic carbocycles. The Labute approximate surface area is 133 Å².